The molecule has 1 amide bonds. The van der Waals surface area contributed by atoms with Gasteiger partial charge in [0.1, 0.15) is 5.69 Å². The lowest BCUT2D eigenvalue weighted by Crippen LogP contribution is -2.42. The van der Waals surface area contributed by atoms with Crippen molar-refractivity contribution in [3.8, 4) is 5.82 Å². The van der Waals surface area contributed by atoms with E-state index in [1.807, 2.05) is 0 Å². The number of amides is 1. The largest absolute Gasteiger partial charge is 0.481 e. The third-order valence-corrected chi connectivity index (χ3v) is 4.10. The van der Waals surface area contributed by atoms with Crippen molar-refractivity contribution >= 4 is 11.9 Å². The second-order valence-corrected chi connectivity index (χ2v) is 5.31. The van der Waals surface area contributed by atoms with Gasteiger partial charge in [-0.05, 0) is 31.0 Å². The van der Waals surface area contributed by atoms with Crippen LogP contribution in [0.5, 0.6) is 0 Å². The summed E-state index contributed by atoms with van der Waals surface area (Å²) >= 11 is 0. The van der Waals surface area contributed by atoms with E-state index in [0.717, 1.165) is 0 Å². The Hall–Kier alpha value is -2.70. The molecule has 0 fully saturated rings. The highest BCUT2D eigenvalue weighted by Gasteiger charge is 2.35. The Labute approximate surface area is 134 Å². The summed E-state index contributed by atoms with van der Waals surface area (Å²) in [5, 5.41) is 16.1. The first-order chi connectivity index (χ1) is 11.0. The smallest absolute Gasteiger partial charge is 0.311 e. The monoisotopic (exact) mass is 316 g/mol. The van der Waals surface area contributed by atoms with Crippen LogP contribution < -0.4 is 5.32 Å². The van der Waals surface area contributed by atoms with Crippen molar-refractivity contribution in [2.75, 3.05) is 6.54 Å². The summed E-state index contributed by atoms with van der Waals surface area (Å²) in [6.45, 7) is 3.68. The lowest BCUT2D eigenvalue weighted by atomic mass is 9.82. The minimum absolute atomic E-state index is 0.0713. The van der Waals surface area contributed by atoms with Gasteiger partial charge in [0.25, 0.3) is 5.91 Å². The average molecular weight is 316 g/mol. The van der Waals surface area contributed by atoms with E-state index in [2.05, 4.69) is 15.4 Å². The van der Waals surface area contributed by atoms with Crippen molar-refractivity contribution < 1.29 is 14.7 Å². The Morgan fingerprint density at radius 3 is 2.57 bits per heavy atom. The number of carboxylic acid groups (broad SMARTS) is 1. The molecule has 122 valence electrons. The summed E-state index contributed by atoms with van der Waals surface area (Å²) in [6.07, 6.45) is 4.24. The molecule has 0 saturated heterocycles. The average Bonchev–Trinajstić information content (AvgIpc) is 3.10. The van der Waals surface area contributed by atoms with E-state index in [-0.39, 0.29) is 12.2 Å². The van der Waals surface area contributed by atoms with Crippen LogP contribution in [-0.4, -0.2) is 38.3 Å². The van der Waals surface area contributed by atoms with Crippen molar-refractivity contribution in [3.63, 3.8) is 0 Å². The van der Waals surface area contributed by atoms with Gasteiger partial charge in [0.2, 0.25) is 0 Å². The topological polar surface area (TPSA) is 97.1 Å². The Morgan fingerprint density at radius 1 is 1.26 bits per heavy atom. The summed E-state index contributed by atoms with van der Waals surface area (Å²) in [5.74, 6) is -0.772. The fourth-order valence-corrected chi connectivity index (χ4v) is 2.30. The maximum Gasteiger partial charge on any atom is 0.311 e. The molecule has 2 aromatic rings. The highest BCUT2D eigenvalue weighted by Crippen LogP contribution is 2.25. The van der Waals surface area contributed by atoms with Gasteiger partial charge in [0, 0.05) is 18.9 Å². The Balaban J connectivity index is 2.12. The van der Waals surface area contributed by atoms with E-state index in [1.165, 1.54) is 0 Å². The number of hydrogen-bond acceptors (Lipinski definition) is 4. The Morgan fingerprint density at radius 2 is 2.00 bits per heavy atom. The molecule has 0 atom stereocenters. The van der Waals surface area contributed by atoms with E-state index in [1.54, 1.807) is 55.2 Å². The normalized spacial score (nSPS) is 11.2. The second-order valence-electron chi connectivity index (χ2n) is 5.31. The van der Waals surface area contributed by atoms with Crippen molar-refractivity contribution in [1.82, 2.24) is 20.1 Å². The summed E-state index contributed by atoms with van der Waals surface area (Å²) in [5.41, 5.74) is -0.723. The first-order valence-electron chi connectivity index (χ1n) is 7.51. The number of aromatic nitrogens is 3. The molecule has 0 radical (unpaired) electrons. The molecule has 2 rings (SSSR count). The van der Waals surface area contributed by atoms with Gasteiger partial charge >= 0.3 is 5.97 Å². The number of carbonyl (C=O) groups excluding carboxylic acids is 1. The number of nitrogens with one attached hydrogen (secondary N) is 1. The third kappa shape index (κ3) is 3.56. The molecule has 0 bridgehead atoms. The number of hydrogen-bond donors (Lipinski definition) is 2. The van der Waals surface area contributed by atoms with Crippen LogP contribution in [0.4, 0.5) is 0 Å². The minimum atomic E-state index is -0.949. The van der Waals surface area contributed by atoms with Gasteiger partial charge < -0.3 is 10.4 Å². The molecule has 0 unspecified atom stereocenters. The predicted molar refractivity (Wildman–Crippen MR) is 84.3 cm³/mol. The highest BCUT2D eigenvalue weighted by molar-refractivity contribution is 5.92. The van der Waals surface area contributed by atoms with Crippen LogP contribution >= 0.6 is 0 Å². The van der Waals surface area contributed by atoms with Gasteiger partial charge in [-0.1, -0.05) is 19.9 Å². The van der Waals surface area contributed by atoms with Crippen LogP contribution in [-0.2, 0) is 4.79 Å². The van der Waals surface area contributed by atoms with Gasteiger partial charge in [0.15, 0.2) is 5.82 Å². The van der Waals surface area contributed by atoms with Crippen molar-refractivity contribution in [2.45, 2.75) is 26.7 Å². The number of pyridine rings is 1. The van der Waals surface area contributed by atoms with Crippen LogP contribution in [0.25, 0.3) is 5.82 Å². The first kappa shape index (κ1) is 16.7. The molecule has 2 aromatic heterocycles. The zero-order valence-electron chi connectivity index (χ0n) is 13.2. The molecule has 0 aliphatic rings. The first-order valence-corrected chi connectivity index (χ1v) is 7.51. The molecule has 0 saturated carbocycles. The maximum atomic E-state index is 12.3. The summed E-state index contributed by atoms with van der Waals surface area (Å²) in [4.78, 5) is 28.0. The van der Waals surface area contributed by atoms with E-state index in [4.69, 9.17) is 0 Å². The third-order valence-electron chi connectivity index (χ3n) is 4.10. The molecule has 0 spiro atoms. The molecule has 7 nitrogen and oxygen atoms in total. The Bertz CT molecular complexity index is 678. The van der Waals surface area contributed by atoms with Crippen molar-refractivity contribution in [1.29, 1.82) is 0 Å². The van der Waals surface area contributed by atoms with Gasteiger partial charge in [-0.25, -0.2) is 9.67 Å². The fourth-order valence-electron chi connectivity index (χ4n) is 2.30. The van der Waals surface area contributed by atoms with E-state index < -0.39 is 17.3 Å². The molecule has 0 aliphatic heterocycles. The Kier molecular flexibility index (Phi) is 5.10. The van der Waals surface area contributed by atoms with E-state index in [9.17, 15) is 14.7 Å². The molecule has 7 heteroatoms. The molecular formula is C16H20N4O3. The SMILES string of the molecule is CCC(CC)(CNC(=O)c1cccc(-n2cccn2)n1)C(=O)O. The lowest BCUT2D eigenvalue weighted by Gasteiger charge is -2.26. The highest BCUT2D eigenvalue weighted by atomic mass is 16.4. The maximum absolute atomic E-state index is 12.3. The van der Waals surface area contributed by atoms with Crippen LogP contribution in [0, 0.1) is 5.41 Å². The molecule has 0 aliphatic carbocycles. The lowest BCUT2D eigenvalue weighted by molar-refractivity contribution is -0.149. The number of rotatable bonds is 7. The van der Waals surface area contributed by atoms with Gasteiger partial charge in [-0.15, -0.1) is 0 Å². The fraction of sp³-hybridized carbons (Fsp3) is 0.375. The summed E-state index contributed by atoms with van der Waals surface area (Å²) in [6, 6.07) is 6.80. The van der Waals surface area contributed by atoms with Crippen LogP contribution in [0.2, 0.25) is 0 Å². The number of carbonyl (C=O) groups is 2. The summed E-state index contributed by atoms with van der Waals surface area (Å²) < 4.78 is 1.55. The summed E-state index contributed by atoms with van der Waals surface area (Å²) in [7, 11) is 0. The molecule has 0 aromatic carbocycles. The number of carboxylic acids is 1. The second kappa shape index (κ2) is 7.04. The number of nitrogens with zero attached hydrogens (tertiary/aromatic N) is 3. The van der Waals surface area contributed by atoms with Gasteiger partial charge in [-0.2, -0.15) is 5.10 Å². The van der Waals surface area contributed by atoms with E-state index >= 15 is 0 Å². The molecular weight excluding hydrogens is 296 g/mol. The molecule has 2 heterocycles. The zero-order chi connectivity index (χ0) is 16.9. The van der Waals surface area contributed by atoms with Crippen molar-refractivity contribution in [2.24, 2.45) is 5.41 Å². The molecule has 23 heavy (non-hydrogen) atoms. The minimum Gasteiger partial charge on any atom is -0.481 e. The number of aliphatic carboxylic acids is 1. The molecule has 2 N–H and O–H groups in total. The predicted octanol–water partition coefficient (Wildman–Crippen LogP) is 1.89. The van der Waals surface area contributed by atoms with Crippen LogP contribution in [0.1, 0.15) is 37.2 Å². The quantitative estimate of drug-likeness (QED) is 0.813. The van der Waals surface area contributed by atoms with Crippen molar-refractivity contribution in [3.05, 3.63) is 42.4 Å². The van der Waals surface area contributed by atoms with Gasteiger partial charge in [-0.3, -0.25) is 9.59 Å². The zero-order valence-corrected chi connectivity index (χ0v) is 13.2. The van der Waals surface area contributed by atoms with Crippen LogP contribution in [0.3, 0.4) is 0 Å². The van der Waals surface area contributed by atoms with Gasteiger partial charge in [0.05, 0.1) is 5.41 Å². The van der Waals surface area contributed by atoms with Crippen LogP contribution in [0.15, 0.2) is 36.7 Å². The standard InChI is InChI=1S/C16H20N4O3/c1-3-16(4-2,15(22)23)11-17-14(21)12-7-5-8-13(19-12)20-10-6-9-18-20/h5-10H,3-4,11H2,1-2H3,(H,17,21)(H,22,23). The van der Waals surface area contributed by atoms with E-state index in [0.29, 0.717) is 18.7 Å².